The Morgan fingerprint density at radius 3 is 2.00 bits per heavy atom. The van der Waals surface area contributed by atoms with Crippen LogP contribution in [0.15, 0.2) is 48.5 Å². The molecule has 41 heavy (non-hydrogen) atoms. The maximum atomic E-state index is 13.3. The van der Waals surface area contributed by atoms with Crippen molar-refractivity contribution < 1.29 is 55.0 Å². The van der Waals surface area contributed by atoms with Crippen molar-refractivity contribution in [3.05, 3.63) is 70.8 Å². The molecule has 2 saturated heterocycles. The SMILES string of the molecule is C.C[C@@H](OC[C@@]1(c2ccccc2)CC[C@]2(CN1)NC(=O)N(P(=O)([O-])[O-])C2=O)c1cc(C(F)(F)F)cc(C(F)(F)F)c1. The first-order valence-corrected chi connectivity index (χ1v) is 13.3. The van der Waals surface area contributed by atoms with Crippen molar-refractivity contribution in [3.8, 4) is 0 Å². The lowest BCUT2D eigenvalue weighted by atomic mass is 9.76. The molecule has 2 aromatic rings. The maximum absolute atomic E-state index is 13.3. The van der Waals surface area contributed by atoms with E-state index in [-0.39, 0.29) is 49.7 Å². The predicted octanol–water partition coefficient (Wildman–Crippen LogP) is 3.84. The monoisotopic (exact) mass is 609 g/mol. The van der Waals surface area contributed by atoms with Crippen molar-refractivity contribution in [2.24, 2.45) is 0 Å². The summed E-state index contributed by atoms with van der Waals surface area (Å²) in [7, 11) is -5.74. The Kier molecular flexibility index (Phi) is 8.75. The van der Waals surface area contributed by atoms with Crippen LogP contribution in [0.4, 0.5) is 31.1 Å². The van der Waals surface area contributed by atoms with Crippen LogP contribution in [0.2, 0.25) is 0 Å². The highest BCUT2D eigenvalue weighted by Crippen LogP contribution is 2.43. The van der Waals surface area contributed by atoms with E-state index in [1.807, 2.05) is 0 Å². The summed E-state index contributed by atoms with van der Waals surface area (Å²) in [4.78, 5) is 47.8. The van der Waals surface area contributed by atoms with E-state index >= 15 is 0 Å². The van der Waals surface area contributed by atoms with E-state index < -0.39 is 60.3 Å². The zero-order valence-corrected chi connectivity index (χ0v) is 21.5. The molecule has 2 N–H and O–H groups in total. The molecule has 2 aliphatic rings. The zero-order chi connectivity index (χ0) is 29.7. The molecule has 226 valence electrons. The number of carbonyl (C=O) groups is 2. The number of piperidine rings is 1. The highest BCUT2D eigenvalue weighted by Gasteiger charge is 2.56. The molecule has 0 unspecified atom stereocenters. The van der Waals surface area contributed by atoms with E-state index in [0.29, 0.717) is 17.7 Å². The molecular formula is C25H26F6N3O6P-2. The van der Waals surface area contributed by atoms with E-state index in [4.69, 9.17) is 4.74 Å². The number of halogens is 6. The molecule has 2 aromatic carbocycles. The molecule has 2 aliphatic heterocycles. The van der Waals surface area contributed by atoms with Crippen LogP contribution in [0, 0.1) is 0 Å². The van der Waals surface area contributed by atoms with Gasteiger partial charge in [0.15, 0.2) is 0 Å². The van der Waals surface area contributed by atoms with Crippen LogP contribution in [0.5, 0.6) is 0 Å². The third-order valence-corrected chi connectivity index (χ3v) is 7.93. The number of urea groups is 1. The summed E-state index contributed by atoms with van der Waals surface area (Å²) < 4.78 is 96.9. The molecule has 2 heterocycles. The van der Waals surface area contributed by atoms with Crippen LogP contribution < -0.4 is 20.4 Å². The minimum absolute atomic E-state index is 0. The van der Waals surface area contributed by atoms with Crippen LogP contribution in [0.3, 0.4) is 0 Å². The summed E-state index contributed by atoms with van der Waals surface area (Å²) in [6, 6.07) is 8.17. The van der Waals surface area contributed by atoms with Gasteiger partial charge in [-0.1, -0.05) is 37.8 Å². The molecule has 0 aliphatic carbocycles. The molecule has 3 amide bonds. The Hall–Kier alpha value is -2.97. The number of hydrogen-bond acceptors (Lipinski definition) is 7. The number of hydrogen-bond donors (Lipinski definition) is 2. The largest absolute Gasteiger partial charge is 0.794 e. The fourth-order valence-electron chi connectivity index (χ4n) is 4.83. The Morgan fingerprint density at radius 2 is 1.56 bits per heavy atom. The number of carbonyl (C=O) groups excluding carboxylic acids is 2. The van der Waals surface area contributed by atoms with Gasteiger partial charge in [0.25, 0.3) is 5.91 Å². The van der Waals surface area contributed by atoms with Crippen LogP contribution in [-0.4, -0.2) is 35.3 Å². The number of rotatable bonds is 6. The number of ether oxygens (including phenoxy) is 1. The molecule has 3 atom stereocenters. The normalized spacial score (nSPS) is 24.3. The number of imide groups is 1. The first-order valence-electron chi connectivity index (χ1n) is 11.8. The van der Waals surface area contributed by atoms with E-state index in [2.05, 4.69) is 10.6 Å². The Morgan fingerprint density at radius 1 is 1.00 bits per heavy atom. The van der Waals surface area contributed by atoms with Crippen molar-refractivity contribution in [2.75, 3.05) is 13.2 Å². The van der Waals surface area contributed by atoms with Crippen LogP contribution in [-0.2, 0) is 32.0 Å². The van der Waals surface area contributed by atoms with Gasteiger partial charge in [0.2, 0.25) is 0 Å². The molecule has 0 saturated carbocycles. The standard InChI is InChI=1S/C24H24F6N3O6P.CH4/c1-14(15-9-17(23(25,26)27)11-18(10-15)24(28,29)30)39-13-22(16-5-3-2-4-6-16)8-7-21(12-31-22)19(34)33(20(35)32-21)40(36,37)38;/h2-6,9-11,14,31H,7-8,12-13H2,1H3,(H,32,35)(H2,36,37,38);1H4/p-2/t14-,21-,22-;/m1./s1. The highest BCUT2D eigenvalue weighted by atomic mass is 31.2. The van der Waals surface area contributed by atoms with E-state index in [0.717, 1.165) is 0 Å². The van der Waals surface area contributed by atoms with Gasteiger partial charge >= 0.3 is 18.4 Å². The molecule has 9 nitrogen and oxygen atoms in total. The fraction of sp³-hybridized carbons (Fsp3) is 0.440. The smallest absolute Gasteiger partial charge is 0.416 e. The Labute approximate surface area is 231 Å². The predicted molar refractivity (Wildman–Crippen MR) is 129 cm³/mol. The van der Waals surface area contributed by atoms with E-state index in [1.165, 1.54) is 6.92 Å². The molecule has 1 spiro atoms. The fourth-order valence-corrected chi connectivity index (χ4v) is 5.52. The van der Waals surface area contributed by atoms with Crippen LogP contribution in [0.25, 0.3) is 0 Å². The molecule has 16 heteroatoms. The minimum atomic E-state index is -5.74. The first-order chi connectivity index (χ1) is 18.4. The second-order valence-corrected chi connectivity index (χ2v) is 11.0. The van der Waals surface area contributed by atoms with Gasteiger partial charge in [0.05, 0.1) is 29.4 Å². The average molecular weight is 609 g/mol. The lowest BCUT2D eigenvalue weighted by Crippen LogP contribution is -2.64. The number of alkyl halides is 6. The molecule has 4 rings (SSSR count). The summed E-state index contributed by atoms with van der Waals surface area (Å²) in [5.41, 5.74) is -5.66. The Balaban J connectivity index is 0.00000462. The minimum Gasteiger partial charge on any atom is -0.794 e. The highest BCUT2D eigenvalue weighted by molar-refractivity contribution is 7.48. The van der Waals surface area contributed by atoms with Gasteiger partial charge in [0, 0.05) is 14.3 Å². The molecule has 0 bridgehead atoms. The number of nitrogens with one attached hydrogen (secondary N) is 2. The quantitative estimate of drug-likeness (QED) is 0.289. The van der Waals surface area contributed by atoms with Crippen molar-refractivity contribution in [1.29, 1.82) is 0 Å². The lowest BCUT2D eigenvalue weighted by molar-refractivity contribution is -0.324. The number of benzene rings is 2. The lowest BCUT2D eigenvalue weighted by Gasteiger charge is -2.45. The zero-order valence-electron chi connectivity index (χ0n) is 20.6. The first kappa shape index (κ1) is 32.5. The number of nitrogens with zero attached hydrogens (tertiary/aromatic N) is 1. The van der Waals surface area contributed by atoms with Gasteiger partial charge in [-0.2, -0.15) is 26.3 Å². The second kappa shape index (κ2) is 11.0. The van der Waals surface area contributed by atoms with Gasteiger partial charge in [-0.25, -0.2) is 9.46 Å². The van der Waals surface area contributed by atoms with Gasteiger partial charge in [-0.05, 0) is 49.1 Å². The summed E-state index contributed by atoms with van der Waals surface area (Å²) in [5.74, 6) is -1.25. The number of amides is 3. The average Bonchev–Trinajstić information content (AvgIpc) is 3.12. The van der Waals surface area contributed by atoms with Crippen molar-refractivity contribution in [1.82, 2.24) is 15.3 Å². The topological polar surface area (TPSA) is 134 Å². The van der Waals surface area contributed by atoms with Crippen LogP contribution in [0.1, 0.15) is 55.5 Å². The van der Waals surface area contributed by atoms with Crippen molar-refractivity contribution in [2.45, 2.75) is 56.7 Å². The molecule has 2 fully saturated rings. The summed E-state index contributed by atoms with van der Waals surface area (Å²) in [5, 5.41) is 5.29. The van der Waals surface area contributed by atoms with Crippen molar-refractivity contribution >= 4 is 19.7 Å². The van der Waals surface area contributed by atoms with Crippen LogP contribution >= 0.6 is 7.75 Å². The Bertz CT molecular complexity index is 1310. The summed E-state index contributed by atoms with van der Waals surface area (Å²) in [6.45, 7) is 0.652. The van der Waals surface area contributed by atoms with Gasteiger partial charge < -0.3 is 29.7 Å². The summed E-state index contributed by atoms with van der Waals surface area (Å²) in [6.07, 6.45) is -11.5. The summed E-state index contributed by atoms with van der Waals surface area (Å²) >= 11 is 0. The third-order valence-electron chi connectivity index (χ3n) is 7.08. The second-order valence-electron chi connectivity index (χ2n) is 9.69. The maximum Gasteiger partial charge on any atom is 0.416 e. The van der Waals surface area contributed by atoms with Gasteiger partial charge in [0.1, 0.15) is 5.54 Å². The van der Waals surface area contributed by atoms with E-state index in [9.17, 15) is 50.3 Å². The molecule has 0 radical (unpaired) electrons. The van der Waals surface area contributed by atoms with E-state index in [1.54, 1.807) is 30.3 Å². The molecule has 0 aromatic heterocycles. The third kappa shape index (κ3) is 6.44. The molecular weight excluding hydrogens is 583 g/mol. The van der Waals surface area contributed by atoms with Gasteiger partial charge in [-0.3, -0.25) is 4.79 Å². The van der Waals surface area contributed by atoms with Gasteiger partial charge in [-0.15, -0.1) is 0 Å². The van der Waals surface area contributed by atoms with Crippen molar-refractivity contribution in [3.63, 3.8) is 0 Å².